The maximum Gasteiger partial charge on any atom is 0.163 e. The molecular weight excluding hydrogens is 487 g/mol. The number of furan rings is 1. The summed E-state index contributed by atoms with van der Waals surface area (Å²) >= 11 is 0. The number of rotatable bonds is 6. The summed E-state index contributed by atoms with van der Waals surface area (Å²) in [5.74, 6) is 1.84. The normalized spacial score (nSPS) is 13.1. The molecule has 0 bridgehead atoms. The maximum absolute atomic E-state index is 15.2. The van der Waals surface area contributed by atoms with Gasteiger partial charge in [0.05, 0.1) is 17.3 Å². The Labute approximate surface area is 229 Å². The van der Waals surface area contributed by atoms with Crippen molar-refractivity contribution in [3.8, 4) is 23.1 Å². The summed E-state index contributed by atoms with van der Waals surface area (Å²) in [6.45, 7) is 16.0. The highest BCUT2D eigenvalue weighted by atomic mass is 19.1. The molecular formula is C33H35FN4O. The lowest BCUT2D eigenvalue weighted by Gasteiger charge is -2.29. The van der Waals surface area contributed by atoms with Crippen molar-refractivity contribution in [1.82, 2.24) is 14.8 Å². The second-order valence-electron chi connectivity index (χ2n) is 11.6. The van der Waals surface area contributed by atoms with E-state index >= 15 is 4.39 Å². The number of aryl methyl sites for hydroxylation is 1. The Kier molecular flexibility index (Phi) is 6.58. The molecule has 200 valence electrons. The number of alkyl halides is 1. The Morgan fingerprint density at radius 1 is 0.923 bits per heavy atom. The van der Waals surface area contributed by atoms with E-state index < -0.39 is 11.6 Å². The quantitative estimate of drug-likeness (QED) is 0.223. The van der Waals surface area contributed by atoms with Gasteiger partial charge in [-0.2, -0.15) is 10.4 Å². The summed E-state index contributed by atoms with van der Waals surface area (Å²) < 4.78 is 23.4. The van der Waals surface area contributed by atoms with Crippen molar-refractivity contribution >= 4 is 21.9 Å². The molecule has 2 aromatic heterocycles. The summed E-state index contributed by atoms with van der Waals surface area (Å²) in [7, 11) is 0. The predicted molar refractivity (Wildman–Crippen MR) is 155 cm³/mol. The number of nitriles is 1. The van der Waals surface area contributed by atoms with E-state index in [0.717, 1.165) is 27.6 Å². The van der Waals surface area contributed by atoms with Crippen molar-refractivity contribution in [2.75, 3.05) is 0 Å². The van der Waals surface area contributed by atoms with Crippen molar-refractivity contribution in [2.45, 2.75) is 78.8 Å². The molecule has 0 amide bonds. The largest absolute Gasteiger partial charge is 0.456 e. The number of halogens is 1. The smallest absolute Gasteiger partial charge is 0.163 e. The van der Waals surface area contributed by atoms with Crippen molar-refractivity contribution in [3.05, 3.63) is 76.6 Å². The van der Waals surface area contributed by atoms with Gasteiger partial charge in [-0.25, -0.2) is 14.1 Å². The molecule has 5 rings (SSSR count). The van der Waals surface area contributed by atoms with Crippen LogP contribution in [0.1, 0.15) is 88.4 Å². The fourth-order valence-corrected chi connectivity index (χ4v) is 5.33. The van der Waals surface area contributed by atoms with Gasteiger partial charge in [0.2, 0.25) is 0 Å². The highest BCUT2D eigenvalue weighted by Gasteiger charge is 2.34. The average molecular weight is 523 g/mol. The number of aromatic nitrogens is 3. The van der Waals surface area contributed by atoms with Crippen LogP contribution in [0.4, 0.5) is 4.39 Å². The first-order chi connectivity index (χ1) is 18.4. The molecule has 0 saturated heterocycles. The minimum Gasteiger partial charge on any atom is -0.456 e. The van der Waals surface area contributed by atoms with Gasteiger partial charge in [-0.05, 0) is 72.7 Å². The molecule has 0 aliphatic carbocycles. The van der Waals surface area contributed by atoms with Gasteiger partial charge in [-0.1, -0.05) is 59.7 Å². The van der Waals surface area contributed by atoms with Crippen LogP contribution in [0, 0.1) is 18.3 Å². The molecule has 39 heavy (non-hydrogen) atoms. The molecule has 3 aromatic carbocycles. The van der Waals surface area contributed by atoms with Crippen LogP contribution in [0.2, 0.25) is 0 Å². The first kappa shape index (κ1) is 26.6. The van der Waals surface area contributed by atoms with Crippen LogP contribution in [-0.4, -0.2) is 20.9 Å². The van der Waals surface area contributed by atoms with Gasteiger partial charge in [0.1, 0.15) is 23.2 Å². The SMILES string of the molecule is Cc1nc(-c2cc3c(cc2C(C)(C)[C@@H](C)F)oc2ccc(C#N)cc23)n(-c2c(C(C)C)cccc2C(C)C)n1. The maximum atomic E-state index is 15.2. The highest BCUT2D eigenvalue weighted by molar-refractivity contribution is 6.07. The van der Waals surface area contributed by atoms with Crippen LogP contribution >= 0.6 is 0 Å². The number of fused-ring (bicyclic) bond motifs is 3. The third-order valence-electron chi connectivity index (χ3n) is 7.94. The van der Waals surface area contributed by atoms with Crippen molar-refractivity contribution < 1.29 is 8.81 Å². The highest BCUT2D eigenvalue weighted by Crippen LogP contribution is 2.43. The number of nitrogens with zero attached hydrogens (tertiary/aromatic N) is 4. The molecule has 0 unspecified atom stereocenters. The lowest BCUT2D eigenvalue weighted by atomic mass is 9.77. The van der Waals surface area contributed by atoms with Gasteiger partial charge in [-0.3, -0.25) is 0 Å². The second-order valence-corrected chi connectivity index (χ2v) is 11.6. The minimum absolute atomic E-state index is 0.266. The van der Waals surface area contributed by atoms with Gasteiger partial charge in [-0.15, -0.1) is 0 Å². The summed E-state index contributed by atoms with van der Waals surface area (Å²) in [5, 5.41) is 16.1. The zero-order valence-corrected chi connectivity index (χ0v) is 23.9. The Hall–Kier alpha value is -3.98. The molecule has 0 radical (unpaired) electrons. The minimum atomic E-state index is -1.13. The van der Waals surface area contributed by atoms with Gasteiger partial charge in [0.15, 0.2) is 5.82 Å². The first-order valence-electron chi connectivity index (χ1n) is 13.6. The summed E-state index contributed by atoms with van der Waals surface area (Å²) in [5.41, 5.74) is 6.05. The Morgan fingerprint density at radius 3 is 2.15 bits per heavy atom. The van der Waals surface area contributed by atoms with Crippen LogP contribution in [0.15, 0.2) is 52.9 Å². The van der Waals surface area contributed by atoms with Crippen molar-refractivity contribution in [1.29, 1.82) is 5.26 Å². The fraction of sp³-hybridized carbons (Fsp3) is 0.364. The van der Waals surface area contributed by atoms with E-state index in [9.17, 15) is 5.26 Å². The van der Waals surface area contributed by atoms with E-state index in [-0.39, 0.29) is 11.8 Å². The molecule has 0 N–H and O–H groups in total. The number of benzene rings is 3. The number of hydrogen-bond acceptors (Lipinski definition) is 4. The average Bonchev–Trinajstić information content (AvgIpc) is 3.46. The fourth-order valence-electron chi connectivity index (χ4n) is 5.33. The lowest BCUT2D eigenvalue weighted by Crippen LogP contribution is -2.29. The van der Waals surface area contributed by atoms with Gasteiger partial charge in [0.25, 0.3) is 0 Å². The second kappa shape index (κ2) is 9.64. The predicted octanol–water partition coefficient (Wildman–Crippen LogP) is 8.90. The van der Waals surface area contributed by atoms with E-state index in [1.165, 1.54) is 11.1 Å². The Morgan fingerprint density at radius 2 is 1.56 bits per heavy atom. The molecule has 2 heterocycles. The van der Waals surface area contributed by atoms with E-state index in [1.54, 1.807) is 13.0 Å². The zero-order chi connectivity index (χ0) is 28.2. The Bertz CT molecular complexity index is 1720. The molecule has 0 spiro atoms. The van der Waals surface area contributed by atoms with Gasteiger partial charge in [0, 0.05) is 21.8 Å². The number of para-hydroxylation sites is 1. The van der Waals surface area contributed by atoms with E-state index in [4.69, 9.17) is 14.5 Å². The van der Waals surface area contributed by atoms with Crippen LogP contribution in [-0.2, 0) is 5.41 Å². The summed E-state index contributed by atoms with van der Waals surface area (Å²) in [6.07, 6.45) is -1.13. The van der Waals surface area contributed by atoms with Crippen LogP contribution in [0.5, 0.6) is 0 Å². The molecule has 0 fully saturated rings. The van der Waals surface area contributed by atoms with Crippen LogP contribution in [0.25, 0.3) is 39.0 Å². The molecule has 0 aliphatic rings. The standard InChI is InChI=1S/C33H35FN4O/c1-18(2)23-10-9-11-24(19(3)4)31(23)38-32(36-21(6)37-38)27-15-26-25-14-22(17-35)12-13-29(25)39-30(26)16-28(27)33(7,8)20(5)34/h9-16,18-20H,1-8H3/t20-/m1/s1. The molecule has 0 saturated carbocycles. The van der Waals surface area contributed by atoms with E-state index in [2.05, 4.69) is 52.0 Å². The van der Waals surface area contributed by atoms with Crippen molar-refractivity contribution in [2.24, 2.45) is 0 Å². The summed E-state index contributed by atoms with van der Waals surface area (Å²) in [4.78, 5) is 4.94. The van der Waals surface area contributed by atoms with Gasteiger partial charge < -0.3 is 4.42 Å². The molecule has 5 aromatic rings. The zero-order valence-electron chi connectivity index (χ0n) is 23.9. The third kappa shape index (κ3) is 4.40. The third-order valence-corrected chi connectivity index (χ3v) is 7.94. The first-order valence-corrected chi connectivity index (χ1v) is 13.6. The monoisotopic (exact) mass is 522 g/mol. The lowest BCUT2D eigenvalue weighted by molar-refractivity contribution is 0.237. The molecule has 0 aliphatic heterocycles. The van der Waals surface area contributed by atoms with Crippen LogP contribution in [0.3, 0.4) is 0 Å². The van der Waals surface area contributed by atoms with E-state index in [0.29, 0.717) is 28.4 Å². The number of hydrogen-bond donors (Lipinski definition) is 0. The topological polar surface area (TPSA) is 67.6 Å². The molecule has 5 nitrogen and oxygen atoms in total. The summed E-state index contributed by atoms with van der Waals surface area (Å²) in [6, 6.07) is 18.0. The van der Waals surface area contributed by atoms with Crippen LogP contribution < -0.4 is 0 Å². The van der Waals surface area contributed by atoms with Crippen molar-refractivity contribution in [3.63, 3.8) is 0 Å². The van der Waals surface area contributed by atoms with Gasteiger partial charge >= 0.3 is 0 Å². The molecule has 1 atom stereocenters. The van der Waals surface area contributed by atoms with E-state index in [1.807, 2.05) is 49.7 Å². The molecule has 6 heteroatoms. The Balaban J connectivity index is 1.91.